The van der Waals surface area contributed by atoms with Crippen LogP contribution in [0.1, 0.15) is 57.8 Å². The van der Waals surface area contributed by atoms with Crippen LogP contribution in [0.4, 0.5) is 0 Å². The Bertz CT molecular complexity index is 304. The van der Waals surface area contributed by atoms with Crippen molar-refractivity contribution < 1.29 is 4.74 Å². The highest BCUT2D eigenvalue weighted by molar-refractivity contribution is 6.21. The minimum atomic E-state index is 0.253. The van der Waals surface area contributed by atoms with Crippen molar-refractivity contribution in [1.82, 2.24) is 0 Å². The fraction of sp³-hybridized carbons (Fsp3) is 0.867. The van der Waals surface area contributed by atoms with Crippen molar-refractivity contribution in [1.29, 1.82) is 0 Å². The van der Waals surface area contributed by atoms with Gasteiger partial charge in [-0.2, -0.15) is 0 Å². The summed E-state index contributed by atoms with van der Waals surface area (Å²) in [7, 11) is 0. The van der Waals surface area contributed by atoms with Crippen molar-refractivity contribution in [3.8, 4) is 0 Å². The van der Waals surface area contributed by atoms with E-state index < -0.39 is 0 Å². The fourth-order valence-electron chi connectivity index (χ4n) is 3.95. The molecule has 0 bridgehead atoms. The second-order valence-corrected chi connectivity index (χ2v) is 6.64. The fourth-order valence-corrected chi connectivity index (χ4v) is 4.27. The Hall–Kier alpha value is -0.0100. The lowest BCUT2D eigenvalue weighted by Crippen LogP contribution is -2.38. The van der Waals surface area contributed by atoms with Crippen molar-refractivity contribution >= 4 is 11.6 Å². The standard InChI is InChI=1S/C15H23ClO/c16-14-5-3-4-12(10-14)13-6-9-17-15(11-13)7-1-2-8-15/h10,13-14H,1-9,11H2. The summed E-state index contributed by atoms with van der Waals surface area (Å²) in [6, 6.07) is 0. The quantitative estimate of drug-likeness (QED) is 0.496. The molecule has 1 spiro atoms. The Morgan fingerprint density at radius 1 is 1.18 bits per heavy atom. The SMILES string of the molecule is ClC1C=C(C2CCOC3(CCCC3)C2)CCC1. The Morgan fingerprint density at radius 2 is 2.00 bits per heavy atom. The number of ether oxygens (including phenoxy) is 1. The van der Waals surface area contributed by atoms with Gasteiger partial charge < -0.3 is 4.74 Å². The molecule has 2 unspecified atom stereocenters. The van der Waals surface area contributed by atoms with Crippen molar-refractivity contribution in [2.24, 2.45) is 5.92 Å². The van der Waals surface area contributed by atoms with E-state index in [1.165, 1.54) is 57.8 Å². The highest BCUT2D eigenvalue weighted by atomic mass is 35.5. The third-order valence-corrected chi connectivity index (χ3v) is 5.22. The Morgan fingerprint density at radius 3 is 2.76 bits per heavy atom. The number of hydrogen-bond donors (Lipinski definition) is 0. The number of hydrogen-bond acceptors (Lipinski definition) is 1. The third-order valence-electron chi connectivity index (χ3n) is 4.87. The van der Waals surface area contributed by atoms with E-state index in [2.05, 4.69) is 6.08 Å². The minimum absolute atomic E-state index is 0.253. The van der Waals surface area contributed by atoms with Crippen LogP contribution in [-0.2, 0) is 4.74 Å². The van der Waals surface area contributed by atoms with Crippen LogP contribution in [0.25, 0.3) is 0 Å². The van der Waals surface area contributed by atoms with Gasteiger partial charge in [0, 0.05) is 6.61 Å². The van der Waals surface area contributed by atoms with Gasteiger partial charge in [0.2, 0.25) is 0 Å². The molecule has 0 aromatic heterocycles. The molecular weight excluding hydrogens is 232 g/mol. The molecule has 0 aromatic rings. The molecule has 3 rings (SSSR count). The molecule has 0 radical (unpaired) electrons. The first-order valence-electron chi connectivity index (χ1n) is 7.26. The van der Waals surface area contributed by atoms with Gasteiger partial charge in [-0.1, -0.05) is 24.5 Å². The molecule has 0 N–H and O–H groups in total. The Labute approximate surface area is 110 Å². The van der Waals surface area contributed by atoms with Crippen LogP contribution in [0.2, 0.25) is 0 Å². The number of alkyl halides is 1. The highest BCUT2D eigenvalue weighted by Gasteiger charge is 2.40. The van der Waals surface area contributed by atoms with Gasteiger partial charge in [-0.25, -0.2) is 0 Å². The number of halogens is 1. The lowest BCUT2D eigenvalue weighted by molar-refractivity contribution is -0.0874. The smallest absolute Gasteiger partial charge is 0.0688 e. The van der Waals surface area contributed by atoms with Gasteiger partial charge in [0.15, 0.2) is 0 Å². The van der Waals surface area contributed by atoms with Gasteiger partial charge in [0.05, 0.1) is 11.0 Å². The monoisotopic (exact) mass is 254 g/mol. The second-order valence-electron chi connectivity index (χ2n) is 6.08. The van der Waals surface area contributed by atoms with Crippen LogP contribution >= 0.6 is 11.6 Å². The summed E-state index contributed by atoms with van der Waals surface area (Å²) in [6.45, 7) is 0.967. The predicted octanol–water partition coefficient (Wildman–Crippen LogP) is 4.44. The van der Waals surface area contributed by atoms with E-state index in [9.17, 15) is 0 Å². The van der Waals surface area contributed by atoms with Gasteiger partial charge in [-0.05, 0) is 50.9 Å². The van der Waals surface area contributed by atoms with Gasteiger partial charge in [0.1, 0.15) is 0 Å². The van der Waals surface area contributed by atoms with Crippen molar-refractivity contribution in [3.05, 3.63) is 11.6 Å². The molecule has 1 saturated heterocycles. The first-order valence-corrected chi connectivity index (χ1v) is 7.70. The third kappa shape index (κ3) is 2.56. The van der Waals surface area contributed by atoms with Crippen LogP contribution in [0.3, 0.4) is 0 Å². The summed E-state index contributed by atoms with van der Waals surface area (Å²) in [5.41, 5.74) is 1.90. The summed E-state index contributed by atoms with van der Waals surface area (Å²) in [5.74, 6) is 0.767. The molecule has 96 valence electrons. The molecule has 3 aliphatic rings. The molecule has 0 amide bonds. The van der Waals surface area contributed by atoms with Crippen LogP contribution < -0.4 is 0 Å². The largest absolute Gasteiger partial charge is 0.375 e. The summed E-state index contributed by atoms with van der Waals surface area (Å²) in [5, 5.41) is 0.293. The van der Waals surface area contributed by atoms with E-state index in [1.54, 1.807) is 5.57 Å². The van der Waals surface area contributed by atoms with E-state index in [0.717, 1.165) is 12.5 Å². The Balaban J connectivity index is 1.71. The van der Waals surface area contributed by atoms with Gasteiger partial charge in [-0.15, -0.1) is 11.6 Å². The molecule has 2 fully saturated rings. The maximum atomic E-state index is 6.27. The zero-order valence-corrected chi connectivity index (χ0v) is 11.3. The molecule has 1 heterocycles. The van der Waals surface area contributed by atoms with E-state index in [4.69, 9.17) is 16.3 Å². The van der Waals surface area contributed by atoms with Crippen LogP contribution in [0.15, 0.2) is 11.6 Å². The number of allylic oxidation sites excluding steroid dienone is 2. The predicted molar refractivity (Wildman–Crippen MR) is 71.5 cm³/mol. The van der Waals surface area contributed by atoms with E-state index in [-0.39, 0.29) is 5.60 Å². The molecule has 1 nitrogen and oxygen atoms in total. The van der Waals surface area contributed by atoms with E-state index in [0.29, 0.717) is 5.38 Å². The van der Waals surface area contributed by atoms with Crippen molar-refractivity contribution in [2.75, 3.05) is 6.61 Å². The van der Waals surface area contributed by atoms with Gasteiger partial charge >= 0.3 is 0 Å². The Kier molecular flexibility index (Phi) is 3.49. The summed E-state index contributed by atoms with van der Waals surface area (Å²) in [4.78, 5) is 0. The van der Waals surface area contributed by atoms with Crippen LogP contribution in [-0.4, -0.2) is 17.6 Å². The first-order chi connectivity index (χ1) is 8.27. The zero-order valence-electron chi connectivity index (χ0n) is 10.6. The second kappa shape index (κ2) is 4.93. The van der Waals surface area contributed by atoms with Crippen LogP contribution in [0.5, 0.6) is 0 Å². The van der Waals surface area contributed by atoms with Gasteiger partial charge in [-0.3, -0.25) is 0 Å². The molecule has 17 heavy (non-hydrogen) atoms. The number of rotatable bonds is 1. The summed E-state index contributed by atoms with van der Waals surface area (Å²) in [6.07, 6.45) is 13.9. The zero-order chi connectivity index (χ0) is 11.7. The summed E-state index contributed by atoms with van der Waals surface area (Å²) < 4.78 is 6.11. The molecular formula is C15H23ClO. The lowest BCUT2D eigenvalue weighted by atomic mass is 9.77. The molecule has 0 aromatic carbocycles. The van der Waals surface area contributed by atoms with Crippen molar-refractivity contribution in [3.63, 3.8) is 0 Å². The van der Waals surface area contributed by atoms with E-state index >= 15 is 0 Å². The summed E-state index contributed by atoms with van der Waals surface area (Å²) >= 11 is 6.27. The first kappa shape index (κ1) is 12.0. The minimum Gasteiger partial charge on any atom is -0.375 e. The van der Waals surface area contributed by atoms with Crippen molar-refractivity contribution in [2.45, 2.75) is 68.8 Å². The average molecular weight is 255 g/mol. The average Bonchev–Trinajstić information content (AvgIpc) is 2.77. The molecule has 2 aliphatic carbocycles. The molecule has 1 aliphatic heterocycles. The lowest BCUT2D eigenvalue weighted by Gasteiger charge is -2.40. The highest BCUT2D eigenvalue weighted by Crippen LogP contribution is 2.45. The van der Waals surface area contributed by atoms with Gasteiger partial charge in [0.25, 0.3) is 0 Å². The maximum absolute atomic E-state index is 6.27. The maximum Gasteiger partial charge on any atom is 0.0688 e. The van der Waals surface area contributed by atoms with Crippen LogP contribution in [0, 0.1) is 5.92 Å². The molecule has 2 atom stereocenters. The molecule has 1 saturated carbocycles. The van der Waals surface area contributed by atoms with E-state index in [1.807, 2.05) is 0 Å². The topological polar surface area (TPSA) is 9.23 Å². The normalized spacial score (nSPS) is 37.1. The molecule has 2 heteroatoms.